The summed E-state index contributed by atoms with van der Waals surface area (Å²) in [6.45, 7) is 11.4. The molecule has 0 bridgehead atoms. The molecule has 362 valence electrons. The molecule has 0 aromatic carbocycles. The number of rotatable bonds is 49. The van der Waals surface area contributed by atoms with Crippen LogP contribution in [0.3, 0.4) is 0 Å². The van der Waals surface area contributed by atoms with Crippen molar-refractivity contribution in [2.24, 2.45) is 11.8 Å². The predicted molar refractivity (Wildman–Crippen MR) is 261 cm³/mol. The van der Waals surface area contributed by atoms with E-state index in [1.807, 2.05) is 0 Å². The molecule has 2 atom stereocenters. The van der Waals surface area contributed by atoms with E-state index in [2.05, 4.69) is 34.6 Å². The van der Waals surface area contributed by atoms with E-state index in [9.17, 15) is 14.4 Å². The van der Waals surface area contributed by atoms with Crippen molar-refractivity contribution in [2.45, 2.75) is 310 Å². The van der Waals surface area contributed by atoms with Crippen LogP contribution >= 0.6 is 0 Å². The van der Waals surface area contributed by atoms with E-state index in [4.69, 9.17) is 14.2 Å². The Kier molecular flexibility index (Phi) is 46.6. The highest BCUT2D eigenvalue weighted by Gasteiger charge is 2.19. The number of hydrogen-bond donors (Lipinski definition) is 0. The minimum Gasteiger partial charge on any atom is -0.462 e. The molecule has 0 N–H and O–H groups in total. The van der Waals surface area contributed by atoms with Crippen LogP contribution in [0.15, 0.2) is 0 Å². The lowest BCUT2D eigenvalue weighted by atomic mass is 10.00. The van der Waals surface area contributed by atoms with Crippen LogP contribution in [0.25, 0.3) is 0 Å². The fourth-order valence-corrected chi connectivity index (χ4v) is 8.31. The summed E-state index contributed by atoms with van der Waals surface area (Å²) in [6.07, 6.45) is 49.5. The summed E-state index contributed by atoms with van der Waals surface area (Å²) < 4.78 is 16.8. The molecular formula is C55H106O6. The molecular weight excluding hydrogens is 757 g/mol. The molecule has 0 aromatic rings. The summed E-state index contributed by atoms with van der Waals surface area (Å²) in [5, 5.41) is 0. The van der Waals surface area contributed by atoms with Crippen LogP contribution in [0.4, 0.5) is 0 Å². The fourth-order valence-electron chi connectivity index (χ4n) is 8.31. The Morgan fingerprint density at radius 3 is 0.934 bits per heavy atom. The maximum absolute atomic E-state index is 12.8. The summed E-state index contributed by atoms with van der Waals surface area (Å²) >= 11 is 0. The van der Waals surface area contributed by atoms with Gasteiger partial charge in [0.1, 0.15) is 13.2 Å². The first-order chi connectivity index (χ1) is 29.8. The van der Waals surface area contributed by atoms with Gasteiger partial charge in [-0.2, -0.15) is 0 Å². The van der Waals surface area contributed by atoms with Gasteiger partial charge in [0.2, 0.25) is 0 Å². The number of ether oxygens (including phenoxy) is 3. The van der Waals surface area contributed by atoms with Crippen LogP contribution < -0.4 is 0 Å². The smallest absolute Gasteiger partial charge is 0.306 e. The van der Waals surface area contributed by atoms with E-state index in [-0.39, 0.29) is 31.1 Å². The second-order valence-corrected chi connectivity index (χ2v) is 19.6. The Bertz CT molecular complexity index is 933. The SMILES string of the molecule is CCCCCCCCCCCCCCCCCCC(=O)OC[C@@H](COC(=O)CCCCCCCCCCCCCCCCC(C)C)OC(=O)CCCCCCCCC(C)CC. The summed E-state index contributed by atoms with van der Waals surface area (Å²) in [5.74, 6) is 0.807. The van der Waals surface area contributed by atoms with Crippen molar-refractivity contribution >= 4 is 17.9 Å². The quantitative estimate of drug-likeness (QED) is 0.0344. The molecule has 0 fully saturated rings. The summed E-state index contributed by atoms with van der Waals surface area (Å²) in [7, 11) is 0. The highest BCUT2D eigenvalue weighted by molar-refractivity contribution is 5.71. The Morgan fingerprint density at radius 2 is 0.623 bits per heavy atom. The molecule has 61 heavy (non-hydrogen) atoms. The maximum atomic E-state index is 12.8. The average molecular weight is 863 g/mol. The molecule has 0 saturated heterocycles. The van der Waals surface area contributed by atoms with Crippen LogP contribution in [-0.4, -0.2) is 37.2 Å². The van der Waals surface area contributed by atoms with Gasteiger partial charge in [-0.05, 0) is 31.1 Å². The van der Waals surface area contributed by atoms with Crippen molar-refractivity contribution in [2.75, 3.05) is 13.2 Å². The van der Waals surface area contributed by atoms with Crippen LogP contribution in [-0.2, 0) is 28.6 Å². The van der Waals surface area contributed by atoms with Gasteiger partial charge in [-0.3, -0.25) is 14.4 Å². The van der Waals surface area contributed by atoms with Crippen molar-refractivity contribution < 1.29 is 28.6 Å². The molecule has 0 amide bonds. The van der Waals surface area contributed by atoms with Gasteiger partial charge in [0.15, 0.2) is 6.10 Å². The van der Waals surface area contributed by atoms with E-state index < -0.39 is 6.10 Å². The van der Waals surface area contributed by atoms with Crippen molar-refractivity contribution in [3.63, 3.8) is 0 Å². The minimum atomic E-state index is -0.763. The molecule has 0 heterocycles. The standard InChI is InChI=1S/C55H106O6/c1-6-8-9-10-11-12-13-14-15-16-20-23-26-29-35-40-45-53(56)59-48-52(61-55(58)47-42-37-32-31-34-39-44-51(5)7-2)49-60-54(57)46-41-36-30-27-24-21-18-17-19-22-25-28-33-38-43-50(3)4/h50-52H,6-49H2,1-5H3/t51?,52-/m0/s1. The Hall–Kier alpha value is -1.59. The summed E-state index contributed by atoms with van der Waals surface area (Å²) in [4.78, 5) is 38.0. The highest BCUT2D eigenvalue weighted by atomic mass is 16.6. The largest absolute Gasteiger partial charge is 0.462 e. The Balaban J connectivity index is 4.25. The lowest BCUT2D eigenvalue weighted by molar-refractivity contribution is -0.167. The molecule has 6 nitrogen and oxygen atoms in total. The average Bonchev–Trinajstić information content (AvgIpc) is 3.24. The van der Waals surface area contributed by atoms with Crippen LogP contribution in [0, 0.1) is 11.8 Å². The topological polar surface area (TPSA) is 78.9 Å². The molecule has 0 aliphatic heterocycles. The Labute approximate surface area is 380 Å². The molecule has 0 aliphatic carbocycles. The lowest BCUT2D eigenvalue weighted by Gasteiger charge is -2.18. The fraction of sp³-hybridized carbons (Fsp3) is 0.945. The number of unbranched alkanes of at least 4 members (excludes halogenated alkanes) is 33. The monoisotopic (exact) mass is 863 g/mol. The molecule has 0 aliphatic rings. The van der Waals surface area contributed by atoms with Gasteiger partial charge in [0, 0.05) is 19.3 Å². The van der Waals surface area contributed by atoms with Gasteiger partial charge in [0.25, 0.3) is 0 Å². The predicted octanol–water partition coefficient (Wildman–Crippen LogP) is 17.7. The second kappa shape index (κ2) is 47.9. The van der Waals surface area contributed by atoms with E-state index in [1.54, 1.807) is 0 Å². The molecule has 1 unspecified atom stereocenters. The molecule has 0 saturated carbocycles. The first-order valence-corrected chi connectivity index (χ1v) is 27.3. The summed E-state index contributed by atoms with van der Waals surface area (Å²) in [6, 6.07) is 0. The van der Waals surface area contributed by atoms with Crippen molar-refractivity contribution in [1.29, 1.82) is 0 Å². The first kappa shape index (κ1) is 59.4. The number of esters is 3. The normalized spacial score (nSPS) is 12.5. The zero-order valence-electron chi connectivity index (χ0n) is 41.8. The van der Waals surface area contributed by atoms with Gasteiger partial charge >= 0.3 is 17.9 Å². The number of carbonyl (C=O) groups excluding carboxylic acids is 3. The molecule has 0 rings (SSSR count). The number of hydrogen-bond acceptors (Lipinski definition) is 6. The third-order valence-electron chi connectivity index (χ3n) is 12.8. The second-order valence-electron chi connectivity index (χ2n) is 19.6. The van der Waals surface area contributed by atoms with E-state index in [0.717, 1.165) is 69.6 Å². The first-order valence-electron chi connectivity index (χ1n) is 27.3. The van der Waals surface area contributed by atoms with Gasteiger partial charge in [-0.15, -0.1) is 0 Å². The molecule has 0 aromatic heterocycles. The van der Waals surface area contributed by atoms with E-state index >= 15 is 0 Å². The van der Waals surface area contributed by atoms with Gasteiger partial charge < -0.3 is 14.2 Å². The minimum absolute atomic E-state index is 0.0642. The van der Waals surface area contributed by atoms with Crippen LogP contribution in [0.1, 0.15) is 304 Å². The van der Waals surface area contributed by atoms with Crippen molar-refractivity contribution in [1.82, 2.24) is 0 Å². The zero-order valence-corrected chi connectivity index (χ0v) is 41.8. The molecule has 6 heteroatoms. The van der Waals surface area contributed by atoms with E-state index in [1.165, 1.54) is 193 Å². The van der Waals surface area contributed by atoms with Gasteiger partial charge in [0.05, 0.1) is 0 Å². The van der Waals surface area contributed by atoms with Crippen molar-refractivity contribution in [3.8, 4) is 0 Å². The van der Waals surface area contributed by atoms with E-state index in [0.29, 0.717) is 19.3 Å². The third kappa shape index (κ3) is 47.7. The Morgan fingerprint density at radius 1 is 0.344 bits per heavy atom. The highest BCUT2D eigenvalue weighted by Crippen LogP contribution is 2.18. The van der Waals surface area contributed by atoms with Gasteiger partial charge in [-0.1, -0.05) is 266 Å². The lowest BCUT2D eigenvalue weighted by Crippen LogP contribution is -2.30. The molecule has 0 radical (unpaired) electrons. The van der Waals surface area contributed by atoms with Gasteiger partial charge in [-0.25, -0.2) is 0 Å². The van der Waals surface area contributed by atoms with Crippen LogP contribution in [0.5, 0.6) is 0 Å². The number of carbonyl (C=O) groups is 3. The van der Waals surface area contributed by atoms with Crippen LogP contribution in [0.2, 0.25) is 0 Å². The third-order valence-corrected chi connectivity index (χ3v) is 12.8. The maximum Gasteiger partial charge on any atom is 0.306 e. The molecule has 0 spiro atoms. The summed E-state index contributed by atoms with van der Waals surface area (Å²) in [5.41, 5.74) is 0. The van der Waals surface area contributed by atoms with Crippen molar-refractivity contribution in [3.05, 3.63) is 0 Å². The zero-order chi connectivity index (χ0) is 44.7.